The van der Waals surface area contributed by atoms with Gasteiger partial charge in [-0.15, -0.1) is 0 Å². The summed E-state index contributed by atoms with van der Waals surface area (Å²) in [6, 6.07) is 7.40. The van der Waals surface area contributed by atoms with Crippen LogP contribution in [0.3, 0.4) is 0 Å². The summed E-state index contributed by atoms with van der Waals surface area (Å²) in [6.45, 7) is 2.40. The quantitative estimate of drug-likeness (QED) is 0.220. The maximum absolute atomic E-state index is 13.4. The second kappa shape index (κ2) is 10.2. The summed E-state index contributed by atoms with van der Waals surface area (Å²) in [5.41, 5.74) is -1.03. The van der Waals surface area contributed by atoms with Crippen molar-refractivity contribution in [2.24, 2.45) is 29.1 Å². The molecule has 2 N–H and O–H groups in total. The molecule has 1 heterocycles. The Hall–Kier alpha value is -2.57. The SMILES string of the molecule is COc1cc([C@@H]2c3cc4c(cc3[C@@](O)(C3(O)C5CCCC36CCCC56)C(COC=O)[C@@H]2C)OCO4)cc(C(=O)I)c1OC. The Bertz CT molecular complexity index is 1490. The van der Waals surface area contributed by atoms with Crippen LogP contribution >= 0.6 is 22.6 Å². The van der Waals surface area contributed by atoms with E-state index in [1.807, 2.05) is 31.2 Å². The fourth-order valence-corrected chi connectivity index (χ4v) is 10.7. The molecule has 2 bridgehead atoms. The molecule has 0 aromatic heterocycles. The van der Waals surface area contributed by atoms with Crippen molar-refractivity contribution in [2.75, 3.05) is 27.6 Å². The van der Waals surface area contributed by atoms with Crippen molar-refractivity contribution in [1.82, 2.24) is 0 Å². The van der Waals surface area contributed by atoms with Crippen molar-refractivity contribution in [2.45, 2.75) is 62.6 Å². The Morgan fingerprint density at radius 1 is 1.05 bits per heavy atom. The van der Waals surface area contributed by atoms with Crippen molar-refractivity contribution < 1.29 is 43.5 Å². The van der Waals surface area contributed by atoms with Crippen molar-refractivity contribution in [3.8, 4) is 23.0 Å². The summed E-state index contributed by atoms with van der Waals surface area (Å²) in [7, 11) is 3.03. The van der Waals surface area contributed by atoms with Crippen LogP contribution in [0.25, 0.3) is 0 Å². The second-order valence-electron chi connectivity index (χ2n) is 12.9. The van der Waals surface area contributed by atoms with Gasteiger partial charge in [-0.25, -0.2) is 0 Å². The molecule has 1 aliphatic heterocycles. The number of benzene rings is 2. The summed E-state index contributed by atoms with van der Waals surface area (Å²) in [5.74, 6) is 0.765. The van der Waals surface area contributed by atoms with E-state index in [2.05, 4.69) is 0 Å². The monoisotopic (exact) mass is 704 g/mol. The van der Waals surface area contributed by atoms with Crippen LogP contribution in [0.4, 0.5) is 0 Å². The minimum absolute atomic E-state index is 0.0529. The summed E-state index contributed by atoms with van der Waals surface area (Å²) in [4.78, 5) is 24.4. The number of rotatable bonds is 8. The summed E-state index contributed by atoms with van der Waals surface area (Å²) < 4.78 is 28.1. The number of hydrogen-bond acceptors (Lipinski definition) is 9. The maximum Gasteiger partial charge on any atom is 0.293 e. The fraction of sp³-hybridized carbons (Fsp3) is 0.576. The molecule has 2 aromatic carbocycles. The van der Waals surface area contributed by atoms with Gasteiger partial charge in [0.2, 0.25) is 10.6 Å². The molecule has 0 radical (unpaired) electrons. The highest BCUT2D eigenvalue weighted by molar-refractivity contribution is 14.1. The number of fused-ring (bicyclic) bond motifs is 4. The Kier molecular flexibility index (Phi) is 6.94. The van der Waals surface area contributed by atoms with Crippen LogP contribution in [0, 0.1) is 29.1 Å². The third-order valence-corrected chi connectivity index (χ3v) is 12.3. The summed E-state index contributed by atoms with van der Waals surface area (Å²) in [6.07, 6.45) is 5.69. The number of aliphatic hydroxyl groups is 2. The molecule has 43 heavy (non-hydrogen) atoms. The molecule has 7 rings (SSSR count). The minimum Gasteiger partial charge on any atom is -0.493 e. The standard InChI is InChI=1S/C33H37IO9/c1-17-24(14-41-15-35)32(37,33(38)22-7-5-9-31(33)8-4-6-21(22)31)23-13-26-25(42-16-43-26)12-19(23)28(17)18-10-20(30(34)36)29(40-3)27(11-18)39-2/h10-13,15,17,21-22,24,28,37-38H,4-9,14,16H2,1-3H3/t17-,21?,22?,24?,28+,31?,32-,33?/m0/s1. The Labute approximate surface area is 264 Å². The van der Waals surface area contributed by atoms with Crippen LogP contribution in [-0.4, -0.2) is 53.7 Å². The fourth-order valence-electron chi connectivity index (χ4n) is 10.3. The molecule has 0 saturated heterocycles. The van der Waals surface area contributed by atoms with Crippen molar-refractivity contribution in [3.63, 3.8) is 0 Å². The second-order valence-corrected chi connectivity index (χ2v) is 13.9. The third kappa shape index (κ3) is 3.63. The molecule has 10 heteroatoms. The van der Waals surface area contributed by atoms with Gasteiger partial charge in [-0.3, -0.25) is 9.59 Å². The van der Waals surface area contributed by atoms with Gasteiger partial charge in [-0.2, -0.15) is 0 Å². The zero-order valence-electron chi connectivity index (χ0n) is 24.6. The molecular weight excluding hydrogens is 667 g/mol. The van der Waals surface area contributed by atoms with Gasteiger partial charge in [0.1, 0.15) is 11.2 Å². The molecule has 230 valence electrons. The average molecular weight is 705 g/mol. The molecular formula is C33H37IO9. The van der Waals surface area contributed by atoms with E-state index in [0.717, 1.165) is 49.7 Å². The van der Waals surface area contributed by atoms with E-state index >= 15 is 0 Å². The summed E-state index contributed by atoms with van der Waals surface area (Å²) >= 11 is 1.74. The van der Waals surface area contributed by atoms with Crippen molar-refractivity contribution in [3.05, 3.63) is 46.5 Å². The Morgan fingerprint density at radius 3 is 2.40 bits per heavy atom. The molecule has 2 aromatic rings. The van der Waals surface area contributed by atoms with Gasteiger partial charge in [-0.1, -0.05) is 19.8 Å². The predicted molar refractivity (Wildman–Crippen MR) is 163 cm³/mol. The van der Waals surface area contributed by atoms with E-state index in [0.29, 0.717) is 46.5 Å². The Balaban J connectivity index is 1.50. The Morgan fingerprint density at radius 2 is 1.74 bits per heavy atom. The lowest BCUT2D eigenvalue weighted by atomic mass is 9.33. The van der Waals surface area contributed by atoms with Crippen LogP contribution in [0.15, 0.2) is 24.3 Å². The first-order valence-corrected chi connectivity index (χ1v) is 16.2. The zero-order valence-corrected chi connectivity index (χ0v) is 26.7. The van der Waals surface area contributed by atoms with Crippen LogP contribution in [0.1, 0.15) is 78.4 Å². The molecule has 3 fully saturated rings. The number of hydrogen-bond donors (Lipinski definition) is 2. The highest BCUT2D eigenvalue weighted by Crippen LogP contribution is 2.78. The molecule has 3 saturated carbocycles. The van der Waals surface area contributed by atoms with E-state index < -0.39 is 22.5 Å². The predicted octanol–water partition coefficient (Wildman–Crippen LogP) is 5.10. The lowest BCUT2D eigenvalue weighted by molar-refractivity contribution is -0.371. The van der Waals surface area contributed by atoms with E-state index in [4.69, 9.17) is 23.7 Å². The highest BCUT2D eigenvalue weighted by Gasteiger charge is 2.82. The number of ether oxygens (including phenoxy) is 5. The van der Waals surface area contributed by atoms with Gasteiger partial charge in [0.05, 0.1) is 26.4 Å². The normalized spacial score (nSPS) is 36.7. The minimum atomic E-state index is -1.73. The largest absolute Gasteiger partial charge is 0.493 e. The molecule has 8 atom stereocenters. The van der Waals surface area contributed by atoms with Crippen LogP contribution in [0.2, 0.25) is 0 Å². The van der Waals surface area contributed by atoms with Gasteiger partial charge in [0.15, 0.2) is 23.0 Å². The van der Waals surface area contributed by atoms with Crippen LogP contribution < -0.4 is 18.9 Å². The van der Waals surface area contributed by atoms with E-state index in [1.165, 1.54) is 14.2 Å². The molecule has 9 nitrogen and oxygen atoms in total. The van der Waals surface area contributed by atoms with Crippen molar-refractivity contribution >= 4 is 32.9 Å². The van der Waals surface area contributed by atoms with Gasteiger partial charge >= 0.3 is 0 Å². The molecule has 1 spiro atoms. The molecule has 5 aliphatic rings. The van der Waals surface area contributed by atoms with Crippen molar-refractivity contribution in [1.29, 1.82) is 0 Å². The first kappa shape index (κ1) is 29.2. The number of halogens is 1. The first-order valence-electron chi connectivity index (χ1n) is 15.1. The third-order valence-electron chi connectivity index (χ3n) is 11.8. The average Bonchev–Trinajstić information content (AvgIpc) is 3.65. The topological polar surface area (TPSA) is 121 Å². The maximum atomic E-state index is 13.4. The van der Waals surface area contributed by atoms with E-state index in [9.17, 15) is 19.8 Å². The number of carbonyl (C=O) groups excluding carboxylic acids is 2. The lowest BCUT2D eigenvalue weighted by Gasteiger charge is -2.74. The molecule has 4 aliphatic carbocycles. The highest BCUT2D eigenvalue weighted by atomic mass is 127. The molecule has 0 amide bonds. The first-order chi connectivity index (χ1) is 20.7. The van der Waals surface area contributed by atoms with Crippen LogP contribution in [-0.2, 0) is 15.1 Å². The zero-order chi connectivity index (χ0) is 30.3. The van der Waals surface area contributed by atoms with Gasteiger partial charge in [0, 0.05) is 39.8 Å². The van der Waals surface area contributed by atoms with Crippen LogP contribution in [0.5, 0.6) is 23.0 Å². The van der Waals surface area contributed by atoms with Gasteiger partial charge in [0.25, 0.3) is 6.47 Å². The van der Waals surface area contributed by atoms with Gasteiger partial charge < -0.3 is 33.9 Å². The number of carbonyl (C=O) groups is 2. The molecule has 5 unspecified atom stereocenters. The summed E-state index contributed by atoms with van der Waals surface area (Å²) in [5, 5.41) is 26.5. The van der Waals surface area contributed by atoms with E-state index in [-0.39, 0.29) is 34.9 Å². The smallest absolute Gasteiger partial charge is 0.293 e. The van der Waals surface area contributed by atoms with Gasteiger partial charge in [-0.05, 0) is 84.4 Å². The lowest BCUT2D eigenvalue weighted by Crippen LogP contribution is -2.81. The number of methoxy groups -OCH3 is 2. The van der Waals surface area contributed by atoms with E-state index in [1.54, 1.807) is 22.6 Å².